The molecule has 0 aromatic carbocycles. The summed E-state index contributed by atoms with van der Waals surface area (Å²) in [6, 6.07) is 0.660. The molecule has 1 aromatic rings. The van der Waals surface area contributed by atoms with Gasteiger partial charge in [-0.15, -0.1) is 0 Å². The number of nitrogens with one attached hydrogen (secondary N) is 1. The molecular formula is C12H17ClN2O3S. The summed E-state index contributed by atoms with van der Waals surface area (Å²) in [5.41, 5.74) is 0.378. The van der Waals surface area contributed by atoms with Gasteiger partial charge in [-0.3, -0.25) is 4.79 Å². The minimum absolute atomic E-state index is 0.378. The topological polar surface area (TPSA) is 71.3 Å². The number of thioether (sulfide) groups is 1. The summed E-state index contributed by atoms with van der Waals surface area (Å²) in [6.07, 6.45) is 3.93. The molecule has 1 rings (SSSR count). The number of amides is 1. The molecule has 106 valence electrons. The molecule has 7 heteroatoms. The molecule has 5 nitrogen and oxygen atoms in total. The number of hydrogen-bond donors (Lipinski definition) is 2. The summed E-state index contributed by atoms with van der Waals surface area (Å²) < 4.78 is 1.69. The number of rotatable bonds is 7. The second-order valence-corrected chi connectivity index (χ2v) is 5.40. The maximum atomic E-state index is 12.1. The van der Waals surface area contributed by atoms with E-state index in [1.807, 2.05) is 13.2 Å². The Morgan fingerprint density at radius 2 is 2.26 bits per heavy atom. The van der Waals surface area contributed by atoms with Crippen molar-refractivity contribution in [1.29, 1.82) is 0 Å². The van der Waals surface area contributed by atoms with Gasteiger partial charge in [-0.2, -0.15) is 11.8 Å². The summed E-state index contributed by atoms with van der Waals surface area (Å²) in [4.78, 5) is 23.1. The van der Waals surface area contributed by atoms with Crippen LogP contribution in [0.1, 0.15) is 23.8 Å². The van der Waals surface area contributed by atoms with E-state index in [0.717, 1.165) is 0 Å². The van der Waals surface area contributed by atoms with Gasteiger partial charge in [-0.25, -0.2) is 4.79 Å². The van der Waals surface area contributed by atoms with Crippen LogP contribution in [-0.2, 0) is 11.3 Å². The number of aryl methyl sites for hydroxylation is 1. The van der Waals surface area contributed by atoms with E-state index in [4.69, 9.17) is 16.7 Å². The monoisotopic (exact) mass is 304 g/mol. The highest BCUT2D eigenvalue weighted by atomic mass is 35.5. The van der Waals surface area contributed by atoms with Gasteiger partial charge in [0, 0.05) is 12.7 Å². The molecule has 0 spiro atoms. The Balaban J connectivity index is 2.78. The fraction of sp³-hybridized carbons (Fsp3) is 0.500. The molecular weight excluding hydrogens is 288 g/mol. The zero-order valence-electron chi connectivity index (χ0n) is 10.9. The smallest absolute Gasteiger partial charge is 0.326 e. The van der Waals surface area contributed by atoms with Crippen molar-refractivity contribution >= 4 is 35.2 Å². The lowest BCUT2D eigenvalue weighted by Gasteiger charge is -2.14. The summed E-state index contributed by atoms with van der Waals surface area (Å²) in [7, 11) is 0. The van der Waals surface area contributed by atoms with E-state index in [2.05, 4.69) is 5.32 Å². The molecule has 0 aliphatic rings. The van der Waals surface area contributed by atoms with Crippen molar-refractivity contribution in [3.63, 3.8) is 0 Å². The second-order valence-electron chi connectivity index (χ2n) is 3.98. The number of carbonyl (C=O) groups excluding carboxylic acids is 1. The maximum Gasteiger partial charge on any atom is 0.326 e. The predicted octanol–water partition coefficient (Wildman–Crippen LogP) is 2.10. The first-order chi connectivity index (χ1) is 8.99. The quantitative estimate of drug-likeness (QED) is 0.809. The number of carboxylic acid groups (broad SMARTS) is 1. The zero-order valence-corrected chi connectivity index (χ0v) is 12.4. The van der Waals surface area contributed by atoms with E-state index in [1.165, 1.54) is 6.07 Å². The second kappa shape index (κ2) is 7.45. The molecule has 1 atom stereocenters. The van der Waals surface area contributed by atoms with Crippen LogP contribution in [0.25, 0.3) is 0 Å². The molecule has 0 saturated heterocycles. The summed E-state index contributed by atoms with van der Waals surface area (Å²) in [5, 5.41) is 12.1. The number of nitrogens with zero attached hydrogens (tertiary/aromatic N) is 1. The number of halogens is 1. The van der Waals surface area contributed by atoms with E-state index in [9.17, 15) is 9.59 Å². The van der Waals surface area contributed by atoms with E-state index in [0.29, 0.717) is 29.4 Å². The molecule has 0 saturated carbocycles. The number of aromatic nitrogens is 1. The van der Waals surface area contributed by atoms with E-state index in [1.54, 1.807) is 22.5 Å². The minimum Gasteiger partial charge on any atom is -0.480 e. The third-order valence-electron chi connectivity index (χ3n) is 2.65. The van der Waals surface area contributed by atoms with Crippen LogP contribution in [0.5, 0.6) is 0 Å². The van der Waals surface area contributed by atoms with Crippen molar-refractivity contribution < 1.29 is 14.7 Å². The molecule has 0 fully saturated rings. The highest BCUT2D eigenvalue weighted by Crippen LogP contribution is 2.14. The normalized spacial score (nSPS) is 12.2. The van der Waals surface area contributed by atoms with Crippen LogP contribution in [0.3, 0.4) is 0 Å². The number of carboxylic acids is 1. The Hall–Kier alpha value is -1.14. The molecule has 0 aliphatic heterocycles. The Kier molecular flexibility index (Phi) is 6.24. The standard InChI is InChI=1S/C12H17ClN2O3S/c1-3-15-7-8(13)6-10(15)11(16)14-9(12(17)18)4-5-19-2/h6-7,9H,3-5H2,1-2H3,(H,14,16)(H,17,18)/t9-/m1/s1. The first-order valence-corrected chi connectivity index (χ1v) is 7.65. The predicted molar refractivity (Wildman–Crippen MR) is 77.0 cm³/mol. The first kappa shape index (κ1) is 15.9. The van der Waals surface area contributed by atoms with Gasteiger partial charge in [0.2, 0.25) is 0 Å². The van der Waals surface area contributed by atoms with E-state index < -0.39 is 17.9 Å². The lowest BCUT2D eigenvalue weighted by molar-refractivity contribution is -0.139. The van der Waals surface area contributed by atoms with Crippen LogP contribution < -0.4 is 5.32 Å². The third kappa shape index (κ3) is 4.47. The van der Waals surface area contributed by atoms with Crippen LogP contribution >= 0.6 is 23.4 Å². The molecule has 0 unspecified atom stereocenters. The largest absolute Gasteiger partial charge is 0.480 e. The molecule has 0 bridgehead atoms. The van der Waals surface area contributed by atoms with Gasteiger partial charge in [0.05, 0.1) is 5.02 Å². The van der Waals surface area contributed by atoms with Crippen molar-refractivity contribution in [3.8, 4) is 0 Å². The minimum atomic E-state index is -1.02. The highest BCUT2D eigenvalue weighted by Gasteiger charge is 2.22. The summed E-state index contributed by atoms with van der Waals surface area (Å²) in [6.45, 7) is 2.48. The van der Waals surface area contributed by atoms with Gasteiger partial charge >= 0.3 is 5.97 Å². The molecule has 0 aliphatic carbocycles. The van der Waals surface area contributed by atoms with Crippen molar-refractivity contribution in [2.24, 2.45) is 0 Å². The Bertz CT molecular complexity index is 462. The van der Waals surface area contributed by atoms with Crippen molar-refractivity contribution in [3.05, 3.63) is 23.0 Å². The zero-order chi connectivity index (χ0) is 14.4. The molecule has 19 heavy (non-hydrogen) atoms. The molecule has 1 heterocycles. The number of carbonyl (C=O) groups is 2. The molecule has 1 amide bonds. The van der Waals surface area contributed by atoms with Crippen molar-refractivity contribution in [2.75, 3.05) is 12.0 Å². The number of aliphatic carboxylic acids is 1. The van der Waals surface area contributed by atoms with Gasteiger partial charge in [0.25, 0.3) is 5.91 Å². The van der Waals surface area contributed by atoms with Crippen LogP contribution in [-0.4, -0.2) is 39.6 Å². The summed E-state index contributed by atoms with van der Waals surface area (Å²) >= 11 is 7.39. The van der Waals surface area contributed by atoms with Crippen LogP contribution in [0, 0.1) is 0 Å². The lowest BCUT2D eigenvalue weighted by Crippen LogP contribution is -2.41. The number of hydrogen-bond acceptors (Lipinski definition) is 3. The van der Waals surface area contributed by atoms with Gasteiger partial charge < -0.3 is 15.0 Å². The van der Waals surface area contributed by atoms with Gasteiger partial charge in [-0.05, 0) is 31.4 Å². The summed E-state index contributed by atoms with van der Waals surface area (Å²) in [5.74, 6) is -0.766. The van der Waals surface area contributed by atoms with E-state index >= 15 is 0 Å². The van der Waals surface area contributed by atoms with Crippen LogP contribution in [0.4, 0.5) is 0 Å². The molecule has 0 radical (unpaired) electrons. The third-order valence-corrected chi connectivity index (χ3v) is 3.50. The fourth-order valence-electron chi connectivity index (χ4n) is 1.65. The van der Waals surface area contributed by atoms with Crippen molar-refractivity contribution in [1.82, 2.24) is 9.88 Å². The first-order valence-electron chi connectivity index (χ1n) is 5.87. The van der Waals surface area contributed by atoms with E-state index in [-0.39, 0.29) is 0 Å². The average Bonchev–Trinajstić information content (AvgIpc) is 2.75. The van der Waals surface area contributed by atoms with Crippen LogP contribution in [0.2, 0.25) is 5.02 Å². The van der Waals surface area contributed by atoms with Crippen molar-refractivity contribution in [2.45, 2.75) is 25.9 Å². The SMILES string of the molecule is CCn1cc(Cl)cc1C(=O)N[C@H](CCSC)C(=O)O. The van der Waals surface area contributed by atoms with Gasteiger partial charge in [0.1, 0.15) is 11.7 Å². The Morgan fingerprint density at radius 1 is 1.58 bits per heavy atom. The lowest BCUT2D eigenvalue weighted by atomic mass is 10.2. The average molecular weight is 305 g/mol. The molecule has 2 N–H and O–H groups in total. The maximum absolute atomic E-state index is 12.1. The van der Waals surface area contributed by atoms with Crippen LogP contribution in [0.15, 0.2) is 12.3 Å². The Labute approximate surface area is 121 Å². The van der Waals surface area contributed by atoms with Gasteiger partial charge in [0.15, 0.2) is 0 Å². The Morgan fingerprint density at radius 3 is 2.79 bits per heavy atom. The highest BCUT2D eigenvalue weighted by molar-refractivity contribution is 7.98. The fourth-order valence-corrected chi connectivity index (χ4v) is 2.34. The molecule has 1 aromatic heterocycles. The van der Waals surface area contributed by atoms with Gasteiger partial charge in [-0.1, -0.05) is 11.6 Å².